The first-order valence-corrected chi connectivity index (χ1v) is 14.5. The fourth-order valence-corrected chi connectivity index (χ4v) is 6.11. The molecule has 0 unspecified atom stereocenters. The van der Waals surface area contributed by atoms with Crippen LogP contribution in [0.5, 0.6) is 0 Å². The number of amides is 1. The van der Waals surface area contributed by atoms with E-state index in [-0.39, 0.29) is 17.3 Å². The van der Waals surface area contributed by atoms with Crippen molar-refractivity contribution >= 4 is 37.5 Å². The molecule has 0 atom stereocenters. The molecule has 1 saturated heterocycles. The number of rotatable bonds is 9. The molecule has 1 fully saturated rings. The Kier molecular flexibility index (Phi) is 8.82. The van der Waals surface area contributed by atoms with Gasteiger partial charge in [0.05, 0.1) is 10.6 Å². The van der Waals surface area contributed by atoms with Gasteiger partial charge in [0, 0.05) is 17.6 Å². The summed E-state index contributed by atoms with van der Waals surface area (Å²) in [6.07, 6.45) is 3.85. The molecular weight excluding hydrogens is 538 g/mol. The highest BCUT2D eigenvalue weighted by Crippen LogP contribution is 2.26. The van der Waals surface area contributed by atoms with E-state index < -0.39 is 10.0 Å². The molecule has 1 N–H and O–H groups in total. The zero-order valence-electron chi connectivity index (χ0n) is 20.5. The van der Waals surface area contributed by atoms with Crippen LogP contribution in [0.25, 0.3) is 0 Å². The molecule has 1 aliphatic heterocycles. The summed E-state index contributed by atoms with van der Waals surface area (Å²) in [5.41, 5.74) is 3.61. The Labute approximate surface area is 222 Å². The number of nitrogens with zero attached hydrogens (tertiary/aromatic N) is 2. The summed E-state index contributed by atoms with van der Waals surface area (Å²) in [5, 5.41) is 2.88. The highest BCUT2D eigenvalue weighted by Gasteiger charge is 2.27. The first-order valence-electron chi connectivity index (χ1n) is 12.2. The summed E-state index contributed by atoms with van der Waals surface area (Å²) in [6, 6.07) is 21.8. The molecule has 0 bridgehead atoms. The summed E-state index contributed by atoms with van der Waals surface area (Å²) >= 11 is 3.40. The lowest BCUT2D eigenvalue weighted by molar-refractivity contribution is -0.119. The van der Waals surface area contributed by atoms with Gasteiger partial charge in [0.25, 0.3) is 10.0 Å². The number of carbonyl (C=O) groups is 1. The zero-order valence-corrected chi connectivity index (χ0v) is 22.9. The zero-order chi connectivity index (χ0) is 25.5. The summed E-state index contributed by atoms with van der Waals surface area (Å²) in [7, 11) is -3.94. The van der Waals surface area contributed by atoms with Crippen molar-refractivity contribution in [3.8, 4) is 0 Å². The number of aryl methyl sites for hydroxylation is 1. The third-order valence-electron chi connectivity index (χ3n) is 6.36. The van der Waals surface area contributed by atoms with Crippen molar-refractivity contribution in [2.45, 2.75) is 44.2 Å². The Bertz CT molecular complexity index is 1270. The molecule has 3 aromatic carbocycles. The number of hydrogen-bond acceptors (Lipinski definition) is 4. The number of carbonyl (C=O) groups excluding carboxylic acids is 1. The summed E-state index contributed by atoms with van der Waals surface area (Å²) in [4.78, 5) is 15.5. The number of benzene rings is 3. The molecule has 0 aromatic heterocycles. The number of halogens is 1. The molecule has 6 nitrogen and oxygen atoms in total. The van der Waals surface area contributed by atoms with E-state index in [0.717, 1.165) is 39.5 Å². The van der Waals surface area contributed by atoms with Crippen molar-refractivity contribution in [3.63, 3.8) is 0 Å². The Morgan fingerprint density at radius 2 is 1.61 bits per heavy atom. The smallest absolute Gasteiger partial charge is 0.264 e. The van der Waals surface area contributed by atoms with Crippen molar-refractivity contribution in [1.82, 2.24) is 10.2 Å². The van der Waals surface area contributed by atoms with Gasteiger partial charge in [-0.15, -0.1) is 0 Å². The number of hydrogen-bond donors (Lipinski definition) is 1. The fourth-order valence-electron chi connectivity index (χ4n) is 4.31. The summed E-state index contributed by atoms with van der Waals surface area (Å²) in [5.74, 6) is -0.372. The highest BCUT2D eigenvalue weighted by molar-refractivity contribution is 9.10. The molecule has 0 saturated carbocycles. The third kappa shape index (κ3) is 6.96. The van der Waals surface area contributed by atoms with Gasteiger partial charge in [-0.1, -0.05) is 70.4 Å². The maximum absolute atomic E-state index is 13.5. The minimum absolute atomic E-state index is 0.144. The van der Waals surface area contributed by atoms with Gasteiger partial charge in [-0.3, -0.25) is 14.0 Å². The molecule has 0 aliphatic carbocycles. The van der Waals surface area contributed by atoms with Gasteiger partial charge in [-0.2, -0.15) is 0 Å². The summed E-state index contributed by atoms with van der Waals surface area (Å²) < 4.78 is 28.9. The van der Waals surface area contributed by atoms with Crippen LogP contribution in [0.15, 0.2) is 82.2 Å². The molecule has 8 heteroatoms. The van der Waals surface area contributed by atoms with Crippen molar-refractivity contribution in [2.75, 3.05) is 23.9 Å². The van der Waals surface area contributed by atoms with E-state index >= 15 is 0 Å². The van der Waals surface area contributed by atoms with Gasteiger partial charge in [-0.05, 0) is 74.3 Å². The molecule has 1 amide bonds. The van der Waals surface area contributed by atoms with Crippen LogP contribution in [0.3, 0.4) is 0 Å². The van der Waals surface area contributed by atoms with Crippen molar-refractivity contribution in [2.24, 2.45) is 0 Å². The number of piperidine rings is 1. The van der Waals surface area contributed by atoms with Crippen LogP contribution in [0.2, 0.25) is 0 Å². The standard InChI is InChI=1S/C28H32BrN3O3S/c1-22-8-14-27(15-9-22)36(34,35)32(26-7-5-6-25(29)18-26)21-28(33)30-19-23-10-12-24(13-11-23)20-31-16-3-2-4-17-31/h5-15,18H,2-4,16-17,19-21H2,1H3,(H,30,33). The molecular formula is C28H32BrN3O3S. The molecule has 36 heavy (non-hydrogen) atoms. The van der Waals surface area contributed by atoms with Crippen LogP contribution in [-0.2, 0) is 27.9 Å². The lowest BCUT2D eigenvalue weighted by Gasteiger charge is -2.26. The average Bonchev–Trinajstić information content (AvgIpc) is 2.87. The first kappa shape index (κ1) is 26.4. The van der Waals surface area contributed by atoms with Crippen molar-refractivity contribution in [1.29, 1.82) is 0 Å². The van der Waals surface area contributed by atoms with Gasteiger partial charge in [0.15, 0.2) is 0 Å². The maximum Gasteiger partial charge on any atom is 0.264 e. The molecule has 190 valence electrons. The van der Waals surface area contributed by atoms with E-state index in [1.807, 2.05) is 25.1 Å². The van der Waals surface area contributed by atoms with Crippen LogP contribution >= 0.6 is 15.9 Å². The molecule has 3 aromatic rings. The maximum atomic E-state index is 13.5. The van der Waals surface area contributed by atoms with E-state index in [2.05, 4.69) is 38.3 Å². The first-order chi connectivity index (χ1) is 17.3. The average molecular weight is 571 g/mol. The molecule has 1 heterocycles. The van der Waals surface area contributed by atoms with E-state index in [1.54, 1.807) is 42.5 Å². The topological polar surface area (TPSA) is 69.7 Å². The second-order valence-corrected chi connectivity index (χ2v) is 12.0. The number of anilines is 1. The fraction of sp³-hybridized carbons (Fsp3) is 0.321. The lowest BCUT2D eigenvalue weighted by Crippen LogP contribution is -2.40. The minimum atomic E-state index is -3.94. The van der Waals surface area contributed by atoms with Crippen LogP contribution in [0, 0.1) is 6.92 Å². The van der Waals surface area contributed by atoms with E-state index in [4.69, 9.17) is 0 Å². The van der Waals surface area contributed by atoms with Crippen LogP contribution in [0.4, 0.5) is 5.69 Å². The minimum Gasteiger partial charge on any atom is -0.350 e. The van der Waals surface area contributed by atoms with E-state index in [9.17, 15) is 13.2 Å². The SMILES string of the molecule is Cc1ccc(S(=O)(=O)N(CC(=O)NCc2ccc(CN3CCCCC3)cc2)c2cccc(Br)c2)cc1. The molecule has 1 aliphatic rings. The number of nitrogens with one attached hydrogen (secondary N) is 1. The highest BCUT2D eigenvalue weighted by atomic mass is 79.9. The van der Waals surface area contributed by atoms with Crippen LogP contribution in [-0.4, -0.2) is 38.9 Å². The Hall–Kier alpha value is -2.68. The number of sulfonamides is 1. The normalized spacial score (nSPS) is 14.4. The van der Waals surface area contributed by atoms with Gasteiger partial charge in [0.2, 0.25) is 5.91 Å². The molecule has 0 radical (unpaired) electrons. The van der Waals surface area contributed by atoms with Gasteiger partial charge >= 0.3 is 0 Å². The predicted molar refractivity (Wildman–Crippen MR) is 147 cm³/mol. The summed E-state index contributed by atoms with van der Waals surface area (Å²) in [6.45, 7) is 5.16. The monoisotopic (exact) mass is 569 g/mol. The quantitative estimate of drug-likeness (QED) is 0.382. The molecule has 4 rings (SSSR count). The second kappa shape index (κ2) is 12.0. The third-order valence-corrected chi connectivity index (χ3v) is 8.64. The second-order valence-electron chi connectivity index (χ2n) is 9.23. The van der Waals surface area contributed by atoms with Gasteiger partial charge < -0.3 is 5.32 Å². The lowest BCUT2D eigenvalue weighted by atomic mass is 10.1. The van der Waals surface area contributed by atoms with Crippen LogP contribution < -0.4 is 9.62 Å². The Morgan fingerprint density at radius 1 is 0.944 bits per heavy atom. The largest absolute Gasteiger partial charge is 0.350 e. The Morgan fingerprint density at radius 3 is 2.28 bits per heavy atom. The van der Waals surface area contributed by atoms with Crippen molar-refractivity contribution < 1.29 is 13.2 Å². The number of likely N-dealkylation sites (tertiary alicyclic amines) is 1. The van der Waals surface area contributed by atoms with E-state index in [0.29, 0.717) is 12.2 Å². The van der Waals surface area contributed by atoms with Gasteiger partial charge in [0.1, 0.15) is 6.54 Å². The van der Waals surface area contributed by atoms with Gasteiger partial charge in [-0.25, -0.2) is 8.42 Å². The molecule has 0 spiro atoms. The van der Waals surface area contributed by atoms with Crippen molar-refractivity contribution in [3.05, 3.63) is 94.0 Å². The Balaban J connectivity index is 1.43. The van der Waals surface area contributed by atoms with E-state index in [1.165, 1.54) is 24.8 Å². The predicted octanol–water partition coefficient (Wildman–Crippen LogP) is 5.26. The van der Waals surface area contributed by atoms with Crippen LogP contribution in [0.1, 0.15) is 36.0 Å².